The van der Waals surface area contributed by atoms with Gasteiger partial charge < -0.3 is 20.5 Å². The lowest BCUT2D eigenvalue weighted by Gasteiger charge is -2.46. The van der Waals surface area contributed by atoms with Crippen LogP contribution in [0.5, 0.6) is 0 Å². The summed E-state index contributed by atoms with van der Waals surface area (Å²) in [6.07, 6.45) is 3.18. The van der Waals surface area contributed by atoms with E-state index in [1.165, 1.54) is 6.08 Å². The molecule has 0 aromatic heterocycles. The van der Waals surface area contributed by atoms with E-state index in [0.717, 1.165) is 5.56 Å². The first kappa shape index (κ1) is 15.1. The van der Waals surface area contributed by atoms with Crippen molar-refractivity contribution in [3.05, 3.63) is 35.9 Å². The molecule has 0 unspecified atom stereocenters. The molecule has 0 aliphatic carbocycles. The predicted octanol–water partition coefficient (Wildman–Crippen LogP) is 0.984. The number of nitrogens with zero attached hydrogens (tertiary/aromatic N) is 1. The zero-order valence-corrected chi connectivity index (χ0v) is 11.8. The number of amides is 1. The molecule has 0 radical (unpaired) electrons. The summed E-state index contributed by atoms with van der Waals surface area (Å²) in [5, 5.41) is 8.58. The minimum Gasteiger partial charge on any atom is -0.480 e. The molecular weight excluding hydrogens is 272 g/mol. The highest BCUT2D eigenvalue weighted by molar-refractivity contribution is 5.92. The van der Waals surface area contributed by atoms with E-state index in [2.05, 4.69) is 0 Å². The maximum absolute atomic E-state index is 11.9. The molecule has 1 saturated heterocycles. The fourth-order valence-corrected chi connectivity index (χ4v) is 2.18. The standard InChI is InChI=1S/C15H18N2O4/c1-15(21-8-14(19)20)9-17(10-15)13(18)6-5-11-3-2-4-12(16)7-11/h2-7H,8-10,16H2,1H3,(H,19,20)/b6-5+. The van der Waals surface area contributed by atoms with Gasteiger partial charge in [-0.25, -0.2) is 4.79 Å². The molecule has 0 saturated carbocycles. The molecule has 0 atom stereocenters. The Balaban J connectivity index is 1.85. The second kappa shape index (κ2) is 5.97. The number of nitrogen functional groups attached to an aromatic ring is 1. The number of hydrogen-bond acceptors (Lipinski definition) is 4. The maximum Gasteiger partial charge on any atom is 0.329 e. The van der Waals surface area contributed by atoms with E-state index in [9.17, 15) is 9.59 Å². The number of likely N-dealkylation sites (tertiary alicyclic amines) is 1. The van der Waals surface area contributed by atoms with Crippen molar-refractivity contribution in [1.82, 2.24) is 4.90 Å². The van der Waals surface area contributed by atoms with Gasteiger partial charge in [-0.05, 0) is 30.7 Å². The van der Waals surface area contributed by atoms with Crippen LogP contribution in [-0.4, -0.2) is 47.2 Å². The number of anilines is 1. The first-order valence-electron chi connectivity index (χ1n) is 6.56. The van der Waals surface area contributed by atoms with Crippen LogP contribution in [0.4, 0.5) is 5.69 Å². The summed E-state index contributed by atoms with van der Waals surface area (Å²) >= 11 is 0. The van der Waals surface area contributed by atoms with E-state index < -0.39 is 11.6 Å². The Bertz CT molecular complexity index is 577. The molecule has 0 bridgehead atoms. The van der Waals surface area contributed by atoms with Gasteiger partial charge in [-0.15, -0.1) is 0 Å². The van der Waals surface area contributed by atoms with Crippen molar-refractivity contribution in [3.63, 3.8) is 0 Å². The molecule has 6 heteroatoms. The van der Waals surface area contributed by atoms with E-state index in [-0.39, 0.29) is 12.5 Å². The van der Waals surface area contributed by atoms with E-state index in [1.807, 2.05) is 12.1 Å². The first-order chi connectivity index (χ1) is 9.88. The van der Waals surface area contributed by atoms with Crippen molar-refractivity contribution in [1.29, 1.82) is 0 Å². The molecule has 6 nitrogen and oxygen atoms in total. The molecule has 21 heavy (non-hydrogen) atoms. The van der Waals surface area contributed by atoms with E-state index in [1.54, 1.807) is 30.0 Å². The number of nitrogens with two attached hydrogens (primary N) is 1. The van der Waals surface area contributed by atoms with Gasteiger partial charge in [-0.2, -0.15) is 0 Å². The Labute approximate surface area is 122 Å². The number of aliphatic carboxylic acids is 1. The van der Waals surface area contributed by atoms with Gasteiger partial charge in [0.2, 0.25) is 5.91 Å². The largest absolute Gasteiger partial charge is 0.480 e. The van der Waals surface area contributed by atoms with Crippen LogP contribution in [0.1, 0.15) is 12.5 Å². The number of rotatable bonds is 5. The monoisotopic (exact) mass is 290 g/mol. The average molecular weight is 290 g/mol. The third-order valence-electron chi connectivity index (χ3n) is 3.24. The summed E-state index contributed by atoms with van der Waals surface area (Å²) in [4.78, 5) is 24.0. The van der Waals surface area contributed by atoms with Crippen LogP contribution < -0.4 is 5.73 Å². The SMILES string of the molecule is CC1(OCC(=O)O)CN(C(=O)/C=C/c2cccc(N)c2)C1. The maximum atomic E-state index is 11.9. The van der Waals surface area contributed by atoms with Crippen molar-refractivity contribution in [2.24, 2.45) is 0 Å². The van der Waals surface area contributed by atoms with Gasteiger partial charge in [0.25, 0.3) is 0 Å². The predicted molar refractivity (Wildman–Crippen MR) is 78.5 cm³/mol. The molecule has 112 valence electrons. The Morgan fingerprint density at radius 2 is 2.19 bits per heavy atom. The van der Waals surface area contributed by atoms with Crippen molar-refractivity contribution in [2.75, 3.05) is 25.4 Å². The van der Waals surface area contributed by atoms with Crippen LogP contribution >= 0.6 is 0 Å². The van der Waals surface area contributed by atoms with Crippen LogP contribution in [0.2, 0.25) is 0 Å². The molecule has 0 spiro atoms. The number of ether oxygens (including phenoxy) is 1. The third kappa shape index (κ3) is 4.06. The Hall–Kier alpha value is -2.34. The van der Waals surface area contributed by atoms with Crippen LogP contribution in [0.15, 0.2) is 30.3 Å². The van der Waals surface area contributed by atoms with E-state index in [4.69, 9.17) is 15.6 Å². The summed E-state index contributed by atoms with van der Waals surface area (Å²) in [6.45, 7) is 2.22. The van der Waals surface area contributed by atoms with Gasteiger partial charge >= 0.3 is 5.97 Å². The number of carboxylic acids is 1. The lowest BCUT2D eigenvalue weighted by atomic mass is 9.96. The molecular formula is C15H18N2O4. The minimum absolute atomic E-state index is 0.131. The zero-order valence-electron chi connectivity index (χ0n) is 11.8. The number of benzene rings is 1. The molecule has 1 aliphatic rings. The summed E-state index contributed by atoms with van der Waals surface area (Å²) in [5.41, 5.74) is 6.59. The van der Waals surface area contributed by atoms with Crippen molar-refractivity contribution in [3.8, 4) is 0 Å². The van der Waals surface area contributed by atoms with Gasteiger partial charge in [0.15, 0.2) is 0 Å². The van der Waals surface area contributed by atoms with E-state index >= 15 is 0 Å². The Morgan fingerprint density at radius 1 is 1.48 bits per heavy atom. The highest BCUT2D eigenvalue weighted by Gasteiger charge is 2.42. The van der Waals surface area contributed by atoms with Crippen LogP contribution in [0.25, 0.3) is 6.08 Å². The number of carboxylic acid groups (broad SMARTS) is 1. The average Bonchev–Trinajstić information content (AvgIpc) is 2.39. The van der Waals surface area contributed by atoms with Gasteiger partial charge in [-0.1, -0.05) is 12.1 Å². The van der Waals surface area contributed by atoms with Crippen molar-refractivity contribution < 1.29 is 19.4 Å². The third-order valence-corrected chi connectivity index (χ3v) is 3.24. The zero-order chi connectivity index (χ0) is 15.5. The summed E-state index contributed by atoms with van der Waals surface area (Å²) in [5.74, 6) is -1.14. The van der Waals surface area contributed by atoms with Crippen LogP contribution in [0, 0.1) is 0 Å². The molecule has 1 aliphatic heterocycles. The normalized spacial score (nSPS) is 16.7. The highest BCUT2D eigenvalue weighted by Crippen LogP contribution is 2.25. The molecule has 1 heterocycles. The molecule has 1 amide bonds. The minimum atomic E-state index is -1.01. The fraction of sp³-hybridized carbons (Fsp3) is 0.333. The molecule has 2 rings (SSSR count). The molecule has 1 aromatic carbocycles. The lowest BCUT2D eigenvalue weighted by molar-refractivity contribution is -0.170. The number of carbonyl (C=O) groups excluding carboxylic acids is 1. The number of carbonyl (C=O) groups is 2. The second-order valence-electron chi connectivity index (χ2n) is 5.33. The lowest BCUT2D eigenvalue weighted by Crippen LogP contribution is -2.63. The van der Waals surface area contributed by atoms with Crippen molar-refractivity contribution in [2.45, 2.75) is 12.5 Å². The summed E-state index contributed by atoms with van der Waals surface area (Å²) < 4.78 is 5.25. The topological polar surface area (TPSA) is 92.9 Å². The van der Waals surface area contributed by atoms with Gasteiger partial charge in [0.05, 0.1) is 13.1 Å². The van der Waals surface area contributed by atoms with Gasteiger partial charge in [-0.3, -0.25) is 4.79 Å². The quantitative estimate of drug-likeness (QED) is 0.623. The Morgan fingerprint density at radius 3 is 2.81 bits per heavy atom. The Kier molecular flexibility index (Phi) is 4.28. The second-order valence-corrected chi connectivity index (χ2v) is 5.33. The molecule has 1 aromatic rings. The van der Waals surface area contributed by atoms with Crippen molar-refractivity contribution >= 4 is 23.6 Å². The summed E-state index contributed by atoms with van der Waals surface area (Å²) in [6, 6.07) is 7.23. The smallest absolute Gasteiger partial charge is 0.329 e. The number of hydrogen-bond donors (Lipinski definition) is 2. The van der Waals surface area contributed by atoms with Crippen LogP contribution in [-0.2, 0) is 14.3 Å². The molecule has 1 fully saturated rings. The van der Waals surface area contributed by atoms with Gasteiger partial charge in [0.1, 0.15) is 12.2 Å². The highest BCUT2D eigenvalue weighted by atomic mass is 16.5. The van der Waals surface area contributed by atoms with Crippen LogP contribution in [0.3, 0.4) is 0 Å². The summed E-state index contributed by atoms with van der Waals surface area (Å²) in [7, 11) is 0. The molecule has 3 N–H and O–H groups in total. The first-order valence-corrected chi connectivity index (χ1v) is 6.56. The fourth-order valence-electron chi connectivity index (χ4n) is 2.18. The van der Waals surface area contributed by atoms with Gasteiger partial charge in [0, 0.05) is 11.8 Å². The van der Waals surface area contributed by atoms with E-state index in [0.29, 0.717) is 18.8 Å².